The Morgan fingerprint density at radius 2 is 1.93 bits per heavy atom. The highest BCUT2D eigenvalue weighted by atomic mass is 16.5. The van der Waals surface area contributed by atoms with Gasteiger partial charge in [0.25, 0.3) is 0 Å². The van der Waals surface area contributed by atoms with Crippen LogP contribution in [0.5, 0.6) is 5.75 Å². The molecule has 3 rings (SSSR count). The van der Waals surface area contributed by atoms with Gasteiger partial charge in [-0.05, 0) is 50.4 Å². The number of hydrogen-bond donors (Lipinski definition) is 1. The summed E-state index contributed by atoms with van der Waals surface area (Å²) in [6, 6.07) is 8.13. The minimum Gasteiger partial charge on any atom is -0.494 e. The fourth-order valence-electron chi connectivity index (χ4n) is 4.34. The maximum Gasteiger partial charge on any atom is 0.222 e. The molecule has 6 heteroatoms. The number of benzene rings is 1. The Bertz CT molecular complexity index is 631. The van der Waals surface area contributed by atoms with Crippen LogP contribution in [0, 0.1) is 0 Å². The van der Waals surface area contributed by atoms with Gasteiger partial charge in [0.15, 0.2) is 0 Å². The predicted molar refractivity (Wildman–Crippen MR) is 118 cm³/mol. The summed E-state index contributed by atoms with van der Waals surface area (Å²) in [6.45, 7) is 4.09. The number of aliphatic hydroxyl groups excluding tert-OH is 1. The minimum absolute atomic E-state index is 0.272. The van der Waals surface area contributed by atoms with Crippen molar-refractivity contribution < 1.29 is 19.4 Å². The predicted octanol–water partition coefficient (Wildman–Crippen LogP) is 3.22. The summed E-state index contributed by atoms with van der Waals surface area (Å²) in [6.07, 6.45) is 8.49. The fraction of sp³-hybridized carbons (Fsp3) is 0.708. The molecule has 1 aromatic rings. The van der Waals surface area contributed by atoms with Crippen LogP contribution < -0.4 is 4.74 Å². The number of hydrogen-bond acceptors (Lipinski definition) is 5. The van der Waals surface area contributed by atoms with Crippen molar-refractivity contribution in [1.82, 2.24) is 9.80 Å². The number of ether oxygens (including phenoxy) is 2. The summed E-state index contributed by atoms with van der Waals surface area (Å²) in [5, 5.41) is 10.3. The third-order valence-corrected chi connectivity index (χ3v) is 5.99. The third kappa shape index (κ3) is 7.89. The van der Waals surface area contributed by atoms with Gasteiger partial charge in [0.2, 0.25) is 5.91 Å². The second-order valence-corrected chi connectivity index (χ2v) is 8.77. The molecule has 2 fully saturated rings. The average molecular weight is 419 g/mol. The van der Waals surface area contributed by atoms with E-state index in [9.17, 15) is 9.90 Å². The molecule has 1 aliphatic carbocycles. The summed E-state index contributed by atoms with van der Waals surface area (Å²) < 4.78 is 11.7. The normalized spacial score (nSPS) is 18.9. The van der Waals surface area contributed by atoms with Gasteiger partial charge in [-0.1, -0.05) is 31.4 Å². The van der Waals surface area contributed by atoms with Crippen molar-refractivity contribution in [3.8, 4) is 5.75 Å². The van der Waals surface area contributed by atoms with Crippen molar-refractivity contribution in [3.05, 3.63) is 29.8 Å². The van der Waals surface area contributed by atoms with Gasteiger partial charge in [-0.3, -0.25) is 9.69 Å². The summed E-state index contributed by atoms with van der Waals surface area (Å²) in [4.78, 5) is 15.6. The molecule has 1 aliphatic heterocycles. The lowest BCUT2D eigenvalue weighted by atomic mass is 9.98. The highest BCUT2D eigenvalue weighted by Crippen LogP contribution is 2.20. The second-order valence-electron chi connectivity index (χ2n) is 8.77. The molecule has 0 radical (unpaired) electrons. The highest BCUT2D eigenvalue weighted by molar-refractivity contribution is 5.77. The molecule has 0 bridgehead atoms. The van der Waals surface area contributed by atoms with Crippen LogP contribution in [0.4, 0.5) is 0 Å². The van der Waals surface area contributed by atoms with Crippen LogP contribution in [0.15, 0.2) is 24.3 Å². The van der Waals surface area contributed by atoms with Crippen molar-refractivity contribution in [2.24, 2.45) is 0 Å². The fourth-order valence-corrected chi connectivity index (χ4v) is 4.34. The zero-order valence-corrected chi connectivity index (χ0v) is 18.4. The van der Waals surface area contributed by atoms with E-state index in [-0.39, 0.29) is 5.91 Å². The molecule has 0 spiro atoms. The first kappa shape index (κ1) is 23.0. The van der Waals surface area contributed by atoms with Gasteiger partial charge in [-0.2, -0.15) is 0 Å². The van der Waals surface area contributed by atoms with Crippen molar-refractivity contribution in [2.75, 3.05) is 39.9 Å². The lowest BCUT2D eigenvalue weighted by molar-refractivity contribution is -0.127. The van der Waals surface area contributed by atoms with Gasteiger partial charge in [-0.15, -0.1) is 0 Å². The first-order chi connectivity index (χ1) is 14.6. The lowest BCUT2D eigenvalue weighted by Crippen LogP contribution is -2.33. The quantitative estimate of drug-likeness (QED) is 0.528. The molecule has 168 valence electrons. The van der Waals surface area contributed by atoms with Crippen LogP contribution in [0.2, 0.25) is 0 Å². The monoisotopic (exact) mass is 418 g/mol. The van der Waals surface area contributed by atoms with Crippen molar-refractivity contribution in [2.45, 2.75) is 70.1 Å². The van der Waals surface area contributed by atoms with Crippen LogP contribution in [0.25, 0.3) is 0 Å². The summed E-state index contributed by atoms with van der Waals surface area (Å²) in [5.74, 6) is 1.13. The molecule has 2 aliphatic rings. The Labute approximate surface area is 181 Å². The van der Waals surface area contributed by atoms with Crippen molar-refractivity contribution in [3.63, 3.8) is 0 Å². The molecule has 1 amide bonds. The van der Waals surface area contributed by atoms with Crippen LogP contribution in [-0.4, -0.2) is 72.9 Å². The Balaban J connectivity index is 1.29. The van der Waals surface area contributed by atoms with E-state index in [0.717, 1.165) is 51.1 Å². The molecule has 6 nitrogen and oxygen atoms in total. The minimum atomic E-state index is -0.456. The molecule has 1 heterocycles. The van der Waals surface area contributed by atoms with E-state index in [1.165, 1.54) is 24.8 Å². The van der Waals surface area contributed by atoms with E-state index in [0.29, 0.717) is 32.3 Å². The molecule has 1 saturated carbocycles. The Morgan fingerprint density at radius 3 is 2.63 bits per heavy atom. The summed E-state index contributed by atoms with van der Waals surface area (Å²) >= 11 is 0. The standard InChI is InChI=1S/C24H38N2O4/c1-25(18-21(27)19-30-22-7-3-2-4-8-22)17-20-10-12-23(13-11-20)29-16-6-15-26-14-5-9-24(26)28/h10-13,21-22,27H,2-9,14-19H2,1H3. The van der Waals surface area contributed by atoms with Crippen LogP contribution in [-0.2, 0) is 16.1 Å². The molecule has 1 atom stereocenters. The van der Waals surface area contributed by atoms with E-state index in [1.54, 1.807) is 0 Å². The Hall–Kier alpha value is -1.63. The van der Waals surface area contributed by atoms with E-state index in [1.807, 2.05) is 24.1 Å². The maximum atomic E-state index is 11.6. The number of nitrogens with zero attached hydrogens (tertiary/aromatic N) is 2. The van der Waals surface area contributed by atoms with Crippen molar-refractivity contribution in [1.29, 1.82) is 0 Å². The van der Waals surface area contributed by atoms with Crippen LogP contribution in [0.1, 0.15) is 56.9 Å². The topological polar surface area (TPSA) is 62.2 Å². The number of rotatable bonds is 12. The molecule has 1 saturated heterocycles. The molecule has 1 N–H and O–H groups in total. The number of aliphatic hydroxyl groups is 1. The Kier molecular flexibility index (Phi) is 9.43. The SMILES string of the molecule is CN(Cc1ccc(OCCCN2CCCC2=O)cc1)CC(O)COC1CCCCC1. The van der Waals surface area contributed by atoms with Gasteiger partial charge >= 0.3 is 0 Å². The van der Waals surface area contributed by atoms with Crippen LogP contribution in [0.3, 0.4) is 0 Å². The second kappa shape index (κ2) is 12.3. The van der Waals surface area contributed by atoms with Gasteiger partial charge in [0, 0.05) is 32.6 Å². The van der Waals surface area contributed by atoms with Crippen LogP contribution >= 0.6 is 0 Å². The molecule has 30 heavy (non-hydrogen) atoms. The average Bonchev–Trinajstić information content (AvgIpc) is 3.16. The molecular weight excluding hydrogens is 380 g/mol. The first-order valence-electron chi connectivity index (χ1n) is 11.6. The van der Waals surface area contributed by atoms with Gasteiger partial charge in [-0.25, -0.2) is 0 Å². The molecule has 1 unspecified atom stereocenters. The summed E-state index contributed by atoms with van der Waals surface area (Å²) in [5.41, 5.74) is 1.19. The lowest BCUT2D eigenvalue weighted by Gasteiger charge is -2.25. The van der Waals surface area contributed by atoms with Crippen molar-refractivity contribution >= 4 is 5.91 Å². The van der Waals surface area contributed by atoms with E-state index >= 15 is 0 Å². The number of likely N-dealkylation sites (N-methyl/N-ethyl adjacent to an activating group) is 1. The van der Waals surface area contributed by atoms with E-state index in [4.69, 9.17) is 9.47 Å². The third-order valence-electron chi connectivity index (χ3n) is 5.99. The van der Waals surface area contributed by atoms with Gasteiger partial charge in [0.1, 0.15) is 5.75 Å². The molecule has 0 aromatic heterocycles. The first-order valence-corrected chi connectivity index (χ1v) is 11.6. The van der Waals surface area contributed by atoms with E-state index in [2.05, 4.69) is 17.0 Å². The highest BCUT2D eigenvalue weighted by Gasteiger charge is 2.19. The smallest absolute Gasteiger partial charge is 0.222 e. The summed E-state index contributed by atoms with van der Waals surface area (Å²) in [7, 11) is 2.02. The van der Waals surface area contributed by atoms with E-state index < -0.39 is 6.10 Å². The zero-order valence-electron chi connectivity index (χ0n) is 18.4. The maximum absolute atomic E-state index is 11.6. The number of likely N-dealkylation sites (tertiary alicyclic amines) is 1. The van der Waals surface area contributed by atoms with Gasteiger partial charge in [0.05, 0.1) is 25.4 Å². The molecule has 1 aromatic carbocycles. The number of amides is 1. The Morgan fingerprint density at radius 1 is 1.17 bits per heavy atom. The van der Waals surface area contributed by atoms with Gasteiger partial charge < -0.3 is 19.5 Å². The zero-order chi connectivity index (χ0) is 21.2. The number of carbonyl (C=O) groups is 1. The molecular formula is C24H38N2O4. The number of carbonyl (C=O) groups excluding carboxylic acids is 1. The largest absolute Gasteiger partial charge is 0.494 e.